The number of halogens is 1. The summed E-state index contributed by atoms with van der Waals surface area (Å²) in [5.74, 6) is 1.06. The minimum atomic E-state index is -0.305. The Bertz CT molecular complexity index is 803. The minimum absolute atomic E-state index is 0.0987. The predicted octanol–water partition coefficient (Wildman–Crippen LogP) is 4.75. The molecule has 0 aliphatic rings. The van der Waals surface area contributed by atoms with Crippen LogP contribution in [0.25, 0.3) is 11.5 Å². The number of hydrogen-bond donors (Lipinski definition) is 0. The van der Waals surface area contributed by atoms with Crippen LogP contribution in [0.3, 0.4) is 0 Å². The van der Waals surface area contributed by atoms with Gasteiger partial charge in [0.2, 0.25) is 5.89 Å². The second-order valence-corrected chi connectivity index (χ2v) is 6.57. The summed E-state index contributed by atoms with van der Waals surface area (Å²) in [5, 5.41) is 8.03. The summed E-state index contributed by atoms with van der Waals surface area (Å²) in [6.45, 7) is 6.64. The molecule has 3 aromatic rings. The van der Waals surface area contributed by atoms with Crippen molar-refractivity contribution in [2.24, 2.45) is 0 Å². The van der Waals surface area contributed by atoms with E-state index in [1.807, 2.05) is 12.1 Å². The first kappa shape index (κ1) is 16.2. The molecule has 0 N–H and O–H groups in total. The maximum Gasteiger partial charge on any atom is 0.254 e. The van der Waals surface area contributed by atoms with Crippen LogP contribution in [-0.4, -0.2) is 10.2 Å². The van der Waals surface area contributed by atoms with E-state index in [0.717, 1.165) is 5.56 Å². The van der Waals surface area contributed by atoms with Crippen molar-refractivity contribution in [1.82, 2.24) is 10.2 Å². The molecule has 1 aromatic heterocycles. The molecule has 2 aromatic carbocycles. The molecule has 0 aliphatic heterocycles. The molecule has 0 aliphatic carbocycles. The molecule has 3 rings (SSSR count). The van der Waals surface area contributed by atoms with Gasteiger partial charge in [-0.05, 0) is 47.4 Å². The average Bonchev–Trinajstić information content (AvgIpc) is 3.03. The van der Waals surface area contributed by atoms with E-state index in [1.54, 1.807) is 12.1 Å². The van der Waals surface area contributed by atoms with Gasteiger partial charge in [-0.25, -0.2) is 4.39 Å². The number of benzene rings is 2. The van der Waals surface area contributed by atoms with Gasteiger partial charge >= 0.3 is 0 Å². The minimum Gasteiger partial charge on any atom is -0.484 e. The molecule has 0 saturated carbocycles. The molecule has 0 radical (unpaired) electrons. The zero-order valence-corrected chi connectivity index (χ0v) is 13.9. The van der Waals surface area contributed by atoms with Gasteiger partial charge in [0.05, 0.1) is 0 Å². The highest BCUT2D eigenvalue weighted by molar-refractivity contribution is 5.53. The normalized spacial score (nSPS) is 11.5. The maximum absolute atomic E-state index is 12.8. The molecule has 0 unspecified atom stereocenters. The van der Waals surface area contributed by atoms with Crippen molar-refractivity contribution in [3.63, 3.8) is 0 Å². The summed E-state index contributed by atoms with van der Waals surface area (Å²) in [4.78, 5) is 0. The third-order valence-corrected chi connectivity index (χ3v) is 3.64. The summed E-state index contributed by atoms with van der Waals surface area (Å²) in [5.41, 5.74) is 2.20. The predicted molar refractivity (Wildman–Crippen MR) is 89.2 cm³/mol. The lowest BCUT2D eigenvalue weighted by molar-refractivity contribution is 0.264. The Labute approximate surface area is 140 Å². The molecule has 0 atom stereocenters. The summed E-state index contributed by atoms with van der Waals surface area (Å²) in [7, 11) is 0. The van der Waals surface area contributed by atoms with Crippen molar-refractivity contribution < 1.29 is 13.5 Å². The average molecular weight is 326 g/mol. The lowest BCUT2D eigenvalue weighted by Gasteiger charge is -2.18. The van der Waals surface area contributed by atoms with Crippen LogP contribution in [0.5, 0.6) is 5.75 Å². The molecular weight excluding hydrogens is 307 g/mol. The van der Waals surface area contributed by atoms with Crippen LogP contribution < -0.4 is 4.74 Å². The van der Waals surface area contributed by atoms with Gasteiger partial charge in [-0.3, -0.25) is 0 Å². The van der Waals surface area contributed by atoms with Gasteiger partial charge < -0.3 is 9.15 Å². The number of nitrogens with zero attached hydrogens (tertiary/aromatic N) is 2. The van der Waals surface area contributed by atoms with Gasteiger partial charge in [-0.15, -0.1) is 10.2 Å². The Morgan fingerprint density at radius 2 is 1.62 bits per heavy atom. The van der Waals surface area contributed by atoms with Crippen molar-refractivity contribution in [3.8, 4) is 17.2 Å². The van der Waals surface area contributed by atoms with E-state index in [1.165, 1.54) is 17.7 Å². The summed E-state index contributed by atoms with van der Waals surface area (Å²) < 4.78 is 24.0. The van der Waals surface area contributed by atoms with Crippen molar-refractivity contribution in [2.75, 3.05) is 0 Å². The van der Waals surface area contributed by atoms with Crippen molar-refractivity contribution in [2.45, 2.75) is 32.8 Å². The number of hydrogen-bond acceptors (Lipinski definition) is 4. The van der Waals surface area contributed by atoms with Crippen LogP contribution in [0.4, 0.5) is 4.39 Å². The van der Waals surface area contributed by atoms with E-state index < -0.39 is 0 Å². The largest absolute Gasteiger partial charge is 0.484 e. The van der Waals surface area contributed by atoms with Gasteiger partial charge in [0.1, 0.15) is 11.6 Å². The van der Waals surface area contributed by atoms with E-state index in [-0.39, 0.29) is 17.8 Å². The summed E-state index contributed by atoms with van der Waals surface area (Å²) in [6, 6.07) is 13.9. The number of aromatic nitrogens is 2. The van der Waals surface area contributed by atoms with Crippen LogP contribution in [0, 0.1) is 5.82 Å². The van der Waals surface area contributed by atoms with Gasteiger partial charge in [0.15, 0.2) is 6.61 Å². The number of ether oxygens (including phenoxy) is 1. The molecular formula is C19H19FN2O2. The van der Waals surface area contributed by atoms with E-state index in [4.69, 9.17) is 9.15 Å². The molecule has 0 bridgehead atoms. The first-order chi connectivity index (χ1) is 11.4. The third-order valence-electron chi connectivity index (χ3n) is 3.64. The van der Waals surface area contributed by atoms with Crippen LogP contribution in [-0.2, 0) is 12.0 Å². The fourth-order valence-electron chi connectivity index (χ4n) is 2.22. The fraction of sp³-hybridized carbons (Fsp3) is 0.263. The zero-order chi connectivity index (χ0) is 17.2. The quantitative estimate of drug-likeness (QED) is 0.694. The van der Waals surface area contributed by atoms with E-state index in [2.05, 4.69) is 43.1 Å². The zero-order valence-electron chi connectivity index (χ0n) is 13.9. The van der Waals surface area contributed by atoms with Gasteiger partial charge in [-0.2, -0.15) is 0 Å². The molecule has 124 valence electrons. The maximum atomic E-state index is 12.8. The highest BCUT2D eigenvalue weighted by atomic mass is 19.1. The lowest BCUT2D eigenvalue weighted by atomic mass is 9.87. The monoisotopic (exact) mass is 326 g/mol. The molecule has 1 heterocycles. The van der Waals surface area contributed by atoms with E-state index >= 15 is 0 Å². The van der Waals surface area contributed by atoms with E-state index in [0.29, 0.717) is 17.5 Å². The first-order valence-corrected chi connectivity index (χ1v) is 7.73. The lowest BCUT2D eigenvalue weighted by Crippen LogP contribution is -2.10. The van der Waals surface area contributed by atoms with E-state index in [9.17, 15) is 4.39 Å². The Morgan fingerprint density at radius 3 is 2.25 bits per heavy atom. The Kier molecular flexibility index (Phi) is 4.34. The van der Waals surface area contributed by atoms with Gasteiger partial charge in [0.25, 0.3) is 5.89 Å². The molecule has 4 nitrogen and oxygen atoms in total. The van der Waals surface area contributed by atoms with Crippen molar-refractivity contribution in [3.05, 3.63) is 65.8 Å². The summed E-state index contributed by atoms with van der Waals surface area (Å²) in [6.07, 6.45) is 0. The molecule has 0 amide bonds. The first-order valence-electron chi connectivity index (χ1n) is 7.73. The fourth-order valence-corrected chi connectivity index (χ4v) is 2.22. The molecule has 0 saturated heterocycles. The highest BCUT2D eigenvalue weighted by Gasteiger charge is 2.14. The standard InChI is InChI=1S/C19H19FN2O2/c1-19(2,3)14-6-4-13(5-7-14)18-22-21-17(24-18)12-23-16-10-8-15(20)9-11-16/h4-11H,12H2,1-3H3. The molecule has 24 heavy (non-hydrogen) atoms. The topological polar surface area (TPSA) is 48.2 Å². The van der Waals surface area contributed by atoms with Crippen LogP contribution in [0.15, 0.2) is 52.9 Å². The highest BCUT2D eigenvalue weighted by Crippen LogP contribution is 2.25. The molecule has 0 spiro atoms. The van der Waals surface area contributed by atoms with Crippen molar-refractivity contribution >= 4 is 0 Å². The smallest absolute Gasteiger partial charge is 0.254 e. The van der Waals surface area contributed by atoms with Crippen LogP contribution >= 0.6 is 0 Å². The van der Waals surface area contributed by atoms with Crippen LogP contribution in [0.1, 0.15) is 32.2 Å². The molecule has 5 heteroatoms. The summed E-state index contributed by atoms with van der Waals surface area (Å²) >= 11 is 0. The Morgan fingerprint density at radius 1 is 0.958 bits per heavy atom. The van der Waals surface area contributed by atoms with Crippen LogP contribution in [0.2, 0.25) is 0 Å². The SMILES string of the molecule is CC(C)(C)c1ccc(-c2nnc(COc3ccc(F)cc3)o2)cc1. The number of rotatable bonds is 4. The molecule has 0 fully saturated rings. The Hall–Kier alpha value is -2.69. The van der Waals surface area contributed by atoms with Gasteiger partial charge in [0, 0.05) is 5.56 Å². The van der Waals surface area contributed by atoms with Crippen molar-refractivity contribution in [1.29, 1.82) is 0 Å². The Balaban J connectivity index is 1.68. The van der Waals surface area contributed by atoms with Gasteiger partial charge in [-0.1, -0.05) is 32.9 Å². The second-order valence-electron chi connectivity index (χ2n) is 6.57. The second kappa shape index (κ2) is 6.43. The third kappa shape index (κ3) is 3.79.